The van der Waals surface area contributed by atoms with Crippen LogP contribution in [0.2, 0.25) is 0 Å². The van der Waals surface area contributed by atoms with Crippen LogP contribution in [0, 0.1) is 0 Å². The summed E-state index contributed by atoms with van der Waals surface area (Å²) >= 11 is 0. The highest BCUT2D eigenvalue weighted by atomic mass is 16.5. The predicted molar refractivity (Wildman–Crippen MR) is 97.9 cm³/mol. The summed E-state index contributed by atoms with van der Waals surface area (Å²) in [6.07, 6.45) is 8.18. The van der Waals surface area contributed by atoms with Gasteiger partial charge in [-0.25, -0.2) is 9.97 Å². The number of nitrogens with one attached hydrogen (secondary N) is 1. The Morgan fingerprint density at radius 1 is 1.08 bits per heavy atom. The van der Waals surface area contributed by atoms with E-state index >= 15 is 0 Å². The molecule has 6 nitrogen and oxygen atoms in total. The van der Waals surface area contributed by atoms with Gasteiger partial charge in [0.2, 0.25) is 5.95 Å². The van der Waals surface area contributed by atoms with Crippen LogP contribution in [-0.4, -0.2) is 41.4 Å². The molecule has 2 heterocycles. The van der Waals surface area contributed by atoms with E-state index in [1.54, 1.807) is 0 Å². The molecule has 0 amide bonds. The highest BCUT2D eigenvalue weighted by Crippen LogP contribution is 2.28. The van der Waals surface area contributed by atoms with E-state index in [0.717, 1.165) is 68.4 Å². The van der Waals surface area contributed by atoms with Gasteiger partial charge in [0.25, 0.3) is 0 Å². The average Bonchev–Trinajstić information content (AvgIpc) is 2.65. The van der Waals surface area contributed by atoms with Crippen molar-refractivity contribution in [2.45, 2.75) is 56.7 Å². The van der Waals surface area contributed by atoms with E-state index in [1.807, 2.05) is 24.4 Å². The highest BCUT2D eigenvalue weighted by Gasteiger charge is 2.20. The Kier molecular flexibility index (Phi) is 4.99. The smallest absolute Gasteiger partial charge is 0.223 e. The number of nitrogens with two attached hydrogens (primary N) is 1. The zero-order valence-corrected chi connectivity index (χ0v) is 14.5. The van der Waals surface area contributed by atoms with Gasteiger partial charge in [0.05, 0.1) is 13.2 Å². The fourth-order valence-electron chi connectivity index (χ4n) is 3.61. The van der Waals surface area contributed by atoms with Crippen molar-refractivity contribution in [1.29, 1.82) is 0 Å². The molecule has 1 saturated carbocycles. The number of nitrogens with zero attached hydrogens (tertiary/aromatic N) is 2. The van der Waals surface area contributed by atoms with E-state index in [2.05, 4.69) is 10.3 Å². The van der Waals surface area contributed by atoms with Crippen LogP contribution in [-0.2, 0) is 4.74 Å². The number of anilines is 1. The molecule has 0 atom stereocenters. The third-order valence-electron chi connectivity index (χ3n) is 5.14. The number of ether oxygens (including phenoxy) is 2. The van der Waals surface area contributed by atoms with Gasteiger partial charge in [-0.05, 0) is 31.7 Å². The van der Waals surface area contributed by atoms with Gasteiger partial charge in [0.1, 0.15) is 17.4 Å². The van der Waals surface area contributed by atoms with Crippen molar-refractivity contribution in [3.63, 3.8) is 0 Å². The molecule has 3 N–H and O–H groups in total. The number of rotatable bonds is 4. The lowest BCUT2D eigenvalue weighted by atomic mass is 9.92. The van der Waals surface area contributed by atoms with E-state index in [4.69, 9.17) is 20.2 Å². The lowest BCUT2D eigenvalue weighted by Gasteiger charge is -2.27. The number of aromatic nitrogens is 2. The topological polar surface area (TPSA) is 82.3 Å². The third-order valence-corrected chi connectivity index (χ3v) is 5.14. The third kappa shape index (κ3) is 4.02. The van der Waals surface area contributed by atoms with Crippen LogP contribution in [0.15, 0.2) is 24.4 Å². The molecule has 25 heavy (non-hydrogen) atoms. The van der Waals surface area contributed by atoms with Gasteiger partial charge in [-0.3, -0.25) is 0 Å². The maximum Gasteiger partial charge on any atom is 0.223 e. The molecule has 6 heteroatoms. The number of hydrogen-bond acceptors (Lipinski definition) is 6. The fourth-order valence-corrected chi connectivity index (χ4v) is 3.61. The van der Waals surface area contributed by atoms with E-state index < -0.39 is 0 Å². The van der Waals surface area contributed by atoms with Gasteiger partial charge in [-0.15, -0.1) is 0 Å². The first kappa shape index (κ1) is 16.5. The van der Waals surface area contributed by atoms with Gasteiger partial charge in [0, 0.05) is 36.5 Å². The Balaban J connectivity index is 1.52. The molecule has 1 aromatic heterocycles. The summed E-state index contributed by atoms with van der Waals surface area (Å²) in [5, 5.41) is 4.47. The molecule has 4 rings (SSSR count). The zero-order valence-electron chi connectivity index (χ0n) is 14.5. The Hall–Kier alpha value is -1.92. The molecule has 2 aliphatic rings. The monoisotopic (exact) mass is 342 g/mol. The first-order valence-corrected chi connectivity index (χ1v) is 9.30. The molecule has 0 unspecified atom stereocenters. The largest absolute Gasteiger partial charge is 0.488 e. The lowest BCUT2D eigenvalue weighted by molar-refractivity contribution is 0.0261. The zero-order chi connectivity index (χ0) is 17.1. The first-order valence-electron chi connectivity index (χ1n) is 9.30. The maximum atomic E-state index is 6.21. The van der Waals surface area contributed by atoms with Gasteiger partial charge in [0.15, 0.2) is 0 Å². The van der Waals surface area contributed by atoms with Crippen molar-refractivity contribution in [3.05, 3.63) is 24.4 Å². The minimum atomic E-state index is 0.200. The molecule has 0 spiro atoms. The maximum absolute atomic E-state index is 6.21. The SMILES string of the molecule is NC1CCC(Nc2ncc3cccc(OC4CCOCC4)c3n2)CC1. The van der Waals surface area contributed by atoms with Gasteiger partial charge < -0.3 is 20.5 Å². The molecule has 0 radical (unpaired) electrons. The summed E-state index contributed by atoms with van der Waals surface area (Å²) in [5.41, 5.74) is 6.86. The molecule has 1 saturated heterocycles. The second-order valence-corrected chi connectivity index (χ2v) is 7.07. The molecule has 1 aliphatic carbocycles. The summed E-state index contributed by atoms with van der Waals surface area (Å²) in [7, 11) is 0. The lowest BCUT2D eigenvalue weighted by Crippen LogP contribution is -2.33. The van der Waals surface area contributed by atoms with E-state index in [9.17, 15) is 0 Å². The highest BCUT2D eigenvalue weighted by molar-refractivity contribution is 5.84. The second kappa shape index (κ2) is 7.54. The van der Waals surface area contributed by atoms with Gasteiger partial charge in [-0.1, -0.05) is 12.1 Å². The average molecular weight is 342 g/mol. The molecule has 2 fully saturated rings. The molecule has 2 aromatic rings. The van der Waals surface area contributed by atoms with Crippen LogP contribution in [0.25, 0.3) is 10.9 Å². The molecule has 1 aliphatic heterocycles. The minimum absolute atomic E-state index is 0.200. The van der Waals surface area contributed by atoms with E-state index in [0.29, 0.717) is 18.0 Å². The summed E-state index contributed by atoms with van der Waals surface area (Å²) in [4.78, 5) is 9.22. The normalized spacial score (nSPS) is 25.0. The van der Waals surface area contributed by atoms with E-state index in [1.165, 1.54) is 0 Å². The summed E-state index contributed by atoms with van der Waals surface area (Å²) < 4.78 is 11.6. The van der Waals surface area contributed by atoms with Crippen molar-refractivity contribution >= 4 is 16.9 Å². The summed E-state index contributed by atoms with van der Waals surface area (Å²) in [6, 6.07) is 6.76. The van der Waals surface area contributed by atoms with Crippen LogP contribution in [0.3, 0.4) is 0 Å². The van der Waals surface area contributed by atoms with Crippen molar-refractivity contribution in [2.75, 3.05) is 18.5 Å². The number of benzene rings is 1. The Morgan fingerprint density at radius 3 is 2.68 bits per heavy atom. The summed E-state index contributed by atoms with van der Waals surface area (Å²) in [6.45, 7) is 1.53. The number of hydrogen-bond donors (Lipinski definition) is 2. The Labute approximate surface area is 148 Å². The Bertz CT molecular complexity index is 710. The number of para-hydroxylation sites is 1. The minimum Gasteiger partial charge on any atom is -0.488 e. The fraction of sp³-hybridized carbons (Fsp3) is 0.579. The first-order chi connectivity index (χ1) is 12.3. The Morgan fingerprint density at radius 2 is 1.88 bits per heavy atom. The molecule has 0 bridgehead atoms. The van der Waals surface area contributed by atoms with Crippen molar-refractivity contribution < 1.29 is 9.47 Å². The van der Waals surface area contributed by atoms with Crippen molar-refractivity contribution in [2.24, 2.45) is 5.73 Å². The van der Waals surface area contributed by atoms with Crippen molar-refractivity contribution in [3.8, 4) is 5.75 Å². The van der Waals surface area contributed by atoms with Crippen LogP contribution in [0.5, 0.6) is 5.75 Å². The van der Waals surface area contributed by atoms with E-state index in [-0.39, 0.29) is 6.10 Å². The molecule has 1 aromatic carbocycles. The van der Waals surface area contributed by atoms with Gasteiger partial charge >= 0.3 is 0 Å². The second-order valence-electron chi connectivity index (χ2n) is 7.07. The molecular formula is C19H26N4O2. The van der Waals surface area contributed by atoms with Crippen LogP contribution in [0.1, 0.15) is 38.5 Å². The summed E-state index contributed by atoms with van der Waals surface area (Å²) in [5.74, 6) is 1.51. The van der Waals surface area contributed by atoms with Crippen LogP contribution >= 0.6 is 0 Å². The number of fused-ring (bicyclic) bond motifs is 1. The van der Waals surface area contributed by atoms with Crippen molar-refractivity contribution in [1.82, 2.24) is 9.97 Å². The molecular weight excluding hydrogens is 316 g/mol. The van der Waals surface area contributed by atoms with Gasteiger partial charge in [-0.2, -0.15) is 0 Å². The standard InChI is InChI=1S/C19H26N4O2/c20-14-4-6-15(7-5-14)22-19-21-12-13-2-1-3-17(18(13)23-19)25-16-8-10-24-11-9-16/h1-3,12,14-16H,4-11,20H2,(H,21,22,23). The predicted octanol–water partition coefficient (Wildman–Crippen LogP) is 2.87. The quantitative estimate of drug-likeness (QED) is 0.889. The van der Waals surface area contributed by atoms with Crippen LogP contribution < -0.4 is 15.8 Å². The van der Waals surface area contributed by atoms with Crippen LogP contribution in [0.4, 0.5) is 5.95 Å². The molecule has 134 valence electrons.